The highest BCUT2D eigenvalue weighted by Crippen LogP contribution is 2.11. The van der Waals surface area contributed by atoms with Gasteiger partial charge in [0.1, 0.15) is 5.75 Å². The zero-order valence-electron chi connectivity index (χ0n) is 10.7. The molecule has 0 heterocycles. The second-order valence-electron chi connectivity index (χ2n) is 4.80. The number of phenolic OH excluding ortho intramolecular Hbond substituents is 1. The fraction of sp³-hybridized carbons (Fsp3) is 0.571. The molecule has 0 bridgehead atoms. The SMILES string of the molecule is CC(CO)CNC(C)CCc1ccc(O)cc1. The molecule has 0 aliphatic rings. The number of benzene rings is 1. The Morgan fingerprint density at radius 1 is 1.18 bits per heavy atom. The van der Waals surface area contributed by atoms with Crippen molar-refractivity contribution in [2.24, 2.45) is 5.92 Å². The van der Waals surface area contributed by atoms with Crippen LogP contribution >= 0.6 is 0 Å². The van der Waals surface area contributed by atoms with Gasteiger partial charge in [-0.3, -0.25) is 0 Å². The van der Waals surface area contributed by atoms with Crippen molar-refractivity contribution in [1.82, 2.24) is 5.32 Å². The molecule has 0 radical (unpaired) electrons. The van der Waals surface area contributed by atoms with Crippen LogP contribution in [0, 0.1) is 5.92 Å². The van der Waals surface area contributed by atoms with Gasteiger partial charge in [0, 0.05) is 19.2 Å². The average Bonchev–Trinajstić information content (AvgIpc) is 2.35. The van der Waals surface area contributed by atoms with E-state index < -0.39 is 0 Å². The third kappa shape index (κ3) is 5.71. The quantitative estimate of drug-likeness (QED) is 0.679. The van der Waals surface area contributed by atoms with Gasteiger partial charge in [-0.2, -0.15) is 0 Å². The molecule has 2 unspecified atom stereocenters. The molecule has 0 saturated heterocycles. The van der Waals surface area contributed by atoms with Crippen LogP contribution in [-0.2, 0) is 6.42 Å². The summed E-state index contributed by atoms with van der Waals surface area (Å²) in [6.07, 6.45) is 2.06. The maximum atomic E-state index is 9.17. The predicted octanol–water partition coefficient (Wildman–Crippen LogP) is 1.93. The molecule has 0 aliphatic heterocycles. The van der Waals surface area contributed by atoms with E-state index in [2.05, 4.69) is 12.2 Å². The topological polar surface area (TPSA) is 52.5 Å². The molecule has 1 aromatic rings. The van der Waals surface area contributed by atoms with Crippen molar-refractivity contribution in [3.63, 3.8) is 0 Å². The predicted molar refractivity (Wildman–Crippen MR) is 70.1 cm³/mol. The molecular weight excluding hydrogens is 214 g/mol. The molecule has 1 aromatic carbocycles. The highest BCUT2D eigenvalue weighted by atomic mass is 16.3. The summed E-state index contributed by atoms with van der Waals surface area (Å²) in [5, 5.41) is 21.5. The van der Waals surface area contributed by atoms with Gasteiger partial charge in [0.2, 0.25) is 0 Å². The van der Waals surface area contributed by atoms with Gasteiger partial charge in [0.25, 0.3) is 0 Å². The zero-order valence-corrected chi connectivity index (χ0v) is 10.7. The summed E-state index contributed by atoms with van der Waals surface area (Å²) in [6, 6.07) is 7.80. The number of aryl methyl sites for hydroxylation is 1. The van der Waals surface area contributed by atoms with Crippen LogP contribution < -0.4 is 5.32 Å². The number of aliphatic hydroxyl groups is 1. The van der Waals surface area contributed by atoms with Crippen LogP contribution in [0.5, 0.6) is 5.75 Å². The lowest BCUT2D eigenvalue weighted by molar-refractivity contribution is 0.230. The second kappa shape index (κ2) is 7.30. The third-order valence-corrected chi connectivity index (χ3v) is 2.93. The molecule has 0 saturated carbocycles. The fourth-order valence-corrected chi connectivity index (χ4v) is 1.61. The molecule has 1 rings (SSSR count). The Morgan fingerprint density at radius 3 is 2.41 bits per heavy atom. The van der Waals surface area contributed by atoms with Crippen molar-refractivity contribution in [1.29, 1.82) is 0 Å². The number of rotatable bonds is 7. The Hall–Kier alpha value is -1.06. The first-order chi connectivity index (χ1) is 8.11. The number of hydrogen-bond donors (Lipinski definition) is 3. The van der Waals surface area contributed by atoms with Crippen LogP contribution in [0.15, 0.2) is 24.3 Å². The summed E-state index contributed by atoms with van der Waals surface area (Å²) < 4.78 is 0. The van der Waals surface area contributed by atoms with Gasteiger partial charge in [-0.25, -0.2) is 0 Å². The van der Waals surface area contributed by atoms with Crippen molar-refractivity contribution in [3.8, 4) is 5.75 Å². The van der Waals surface area contributed by atoms with Crippen LogP contribution in [0.3, 0.4) is 0 Å². The summed E-state index contributed by atoms with van der Waals surface area (Å²) in [5.41, 5.74) is 1.24. The first-order valence-corrected chi connectivity index (χ1v) is 6.24. The van der Waals surface area contributed by atoms with E-state index in [1.807, 2.05) is 19.1 Å². The largest absolute Gasteiger partial charge is 0.508 e. The average molecular weight is 237 g/mol. The van der Waals surface area contributed by atoms with E-state index in [0.717, 1.165) is 19.4 Å². The molecule has 3 nitrogen and oxygen atoms in total. The zero-order chi connectivity index (χ0) is 12.7. The van der Waals surface area contributed by atoms with Gasteiger partial charge in [-0.05, 0) is 43.4 Å². The molecule has 0 amide bonds. The van der Waals surface area contributed by atoms with E-state index in [-0.39, 0.29) is 6.61 Å². The van der Waals surface area contributed by atoms with E-state index >= 15 is 0 Å². The summed E-state index contributed by atoms with van der Waals surface area (Å²) in [4.78, 5) is 0. The number of phenols is 1. The van der Waals surface area contributed by atoms with Crippen molar-refractivity contribution in [3.05, 3.63) is 29.8 Å². The van der Waals surface area contributed by atoms with E-state index in [1.165, 1.54) is 5.56 Å². The van der Waals surface area contributed by atoms with E-state index in [1.54, 1.807) is 12.1 Å². The minimum atomic E-state index is 0.234. The molecule has 0 spiro atoms. The van der Waals surface area contributed by atoms with Gasteiger partial charge in [-0.1, -0.05) is 19.1 Å². The molecule has 0 fully saturated rings. The Bertz CT molecular complexity index is 311. The van der Waals surface area contributed by atoms with Crippen LogP contribution in [-0.4, -0.2) is 29.4 Å². The minimum absolute atomic E-state index is 0.234. The van der Waals surface area contributed by atoms with E-state index in [9.17, 15) is 5.11 Å². The number of aliphatic hydroxyl groups excluding tert-OH is 1. The lowest BCUT2D eigenvalue weighted by Crippen LogP contribution is -2.31. The molecule has 17 heavy (non-hydrogen) atoms. The van der Waals surface area contributed by atoms with E-state index in [0.29, 0.717) is 17.7 Å². The maximum absolute atomic E-state index is 9.17. The van der Waals surface area contributed by atoms with Crippen molar-refractivity contribution < 1.29 is 10.2 Å². The van der Waals surface area contributed by atoms with Gasteiger partial charge in [0.05, 0.1) is 0 Å². The lowest BCUT2D eigenvalue weighted by atomic mass is 10.1. The van der Waals surface area contributed by atoms with Crippen LogP contribution in [0.2, 0.25) is 0 Å². The number of nitrogens with one attached hydrogen (secondary N) is 1. The highest BCUT2D eigenvalue weighted by Gasteiger charge is 2.05. The van der Waals surface area contributed by atoms with E-state index in [4.69, 9.17) is 5.11 Å². The first-order valence-electron chi connectivity index (χ1n) is 6.24. The minimum Gasteiger partial charge on any atom is -0.508 e. The molecule has 3 heteroatoms. The molecule has 96 valence electrons. The Labute approximate surface area is 103 Å². The molecular formula is C14H23NO2. The first kappa shape index (κ1) is 14.0. The van der Waals surface area contributed by atoms with Gasteiger partial charge in [0.15, 0.2) is 0 Å². The summed E-state index contributed by atoms with van der Waals surface area (Å²) in [6.45, 7) is 5.27. The number of hydrogen-bond acceptors (Lipinski definition) is 3. The van der Waals surface area contributed by atoms with Crippen LogP contribution in [0.25, 0.3) is 0 Å². The fourth-order valence-electron chi connectivity index (χ4n) is 1.61. The maximum Gasteiger partial charge on any atom is 0.115 e. The number of aromatic hydroxyl groups is 1. The van der Waals surface area contributed by atoms with Gasteiger partial charge in [-0.15, -0.1) is 0 Å². The summed E-state index contributed by atoms with van der Waals surface area (Å²) >= 11 is 0. The Kier molecular flexibility index (Phi) is 6.01. The van der Waals surface area contributed by atoms with Gasteiger partial charge < -0.3 is 15.5 Å². The molecule has 0 aliphatic carbocycles. The Balaban J connectivity index is 2.23. The highest BCUT2D eigenvalue weighted by molar-refractivity contribution is 5.25. The standard InChI is InChI=1S/C14H23NO2/c1-11(10-16)9-15-12(2)3-4-13-5-7-14(17)8-6-13/h5-8,11-12,15-17H,3-4,9-10H2,1-2H3. The normalized spacial score (nSPS) is 14.5. The lowest BCUT2D eigenvalue weighted by Gasteiger charge is -2.16. The van der Waals surface area contributed by atoms with Crippen molar-refractivity contribution >= 4 is 0 Å². The summed E-state index contributed by atoms with van der Waals surface area (Å²) in [7, 11) is 0. The smallest absolute Gasteiger partial charge is 0.115 e. The van der Waals surface area contributed by atoms with Crippen molar-refractivity contribution in [2.75, 3.05) is 13.2 Å². The summed E-state index contributed by atoms with van der Waals surface area (Å²) in [5.74, 6) is 0.628. The second-order valence-corrected chi connectivity index (χ2v) is 4.80. The van der Waals surface area contributed by atoms with Gasteiger partial charge >= 0.3 is 0 Å². The van der Waals surface area contributed by atoms with Crippen LogP contribution in [0.4, 0.5) is 0 Å². The van der Waals surface area contributed by atoms with Crippen molar-refractivity contribution in [2.45, 2.75) is 32.7 Å². The monoisotopic (exact) mass is 237 g/mol. The molecule has 2 atom stereocenters. The molecule has 0 aromatic heterocycles. The molecule has 3 N–H and O–H groups in total. The van der Waals surface area contributed by atoms with Crippen LogP contribution in [0.1, 0.15) is 25.8 Å². The Morgan fingerprint density at radius 2 is 1.82 bits per heavy atom. The third-order valence-electron chi connectivity index (χ3n) is 2.93.